The lowest BCUT2D eigenvalue weighted by atomic mass is 9.93. The Balaban J connectivity index is 1.45. The third kappa shape index (κ3) is 5.65. The Morgan fingerprint density at radius 1 is 1.16 bits per heavy atom. The van der Waals surface area contributed by atoms with Crippen LogP contribution in [0, 0.1) is 0 Å². The second kappa shape index (κ2) is 9.00. The minimum Gasteiger partial charge on any atom is -0.376 e. The summed E-state index contributed by atoms with van der Waals surface area (Å²) in [6.45, 7) is 4.11. The molecule has 6 nitrogen and oxygen atoms in total. The van der Waals surface area contributed by atoms with Crippen LogP contribution in [-0.4, -0.2) is 45.3 Å². The zero-order chi connectivity index (χ0) is 22.0. The van der Waals surface area contributed by atoms with Crippen molar-refractivity contribution in [2.45, 2.75) is 76.7 Å². The highest BCUT2D eigenvalue weighted by Crippen LogP contribution is 2.30. The lowest BCUT2D eigenvalue weighted by molar-refractivity contribution is -0.335. The highest BCUT2D eigenvalue weighted by Gasteiger charge is 2.34. The van der Waals surface area contributed by atoms with Gasteiger partial charge in [0.05, 0.1) is 30.2 Å². The molecule has 0 aliphatic heterocycles. The average molecular weight is 436 g/mol. The van der Waals surface area contributed by atoms with Crippen molar-refractivity contribution < 1.29 is 22.6 Å². The quantitative estimate of drug-likeness (QED) is 0.681. The number of nitrogens with one attached hydrogen (secondary N) is 1. The van der Waals surface area contributed by atoms with Gasteiger partial charge in [-0.3, -0.25) is 4.74 Å². The molecule has 31 heavy (non-hydrogen) atoms. The van der Waals surface area contributed by atoms with Gasteiger partial charge in [-0.2, -0.15) is 0 Å². The van der Waals surface area contributed by atoms with E-state index in [-0.39, 0.29) is 12.5 Å². The van der Waals surface area contributed by atoms with Gasteiger partial charge in [-0.05, 0) is 57.2 Å². The van der Waals surface area contributed by atoms with Gasteiger partial charge in [-0.25, -0.2) is 9.50 Å². The number of imidazole rings is 1. The van der Waals surface area contributed by atoms with Crippen molar-refractivity contribution in [3.05, 3.63) is 42.3 Å². The molecule has 0 amide bonds. The molecular formula is C22H27F3N4O2. The maximum Gasteiger partial charge on any atom is 0.523 e. The van der Waals surface area contributed by atoms with Crippen LogP contribution in [0.15, 0.2) is 36.6 Å². The van der Waals surface area contributed by atoms with E-state index in [0.29, 0.717) is 29.1 Å². The van der Waals surface area contributed by atoms with Gasteiger partial charge in [-0.1, -0.05) is 18.2 Å². The van der Waals surface area contributed by atoms with Gasteiger partial charge in [0.15, 0.2) is 5.65 Å². The van der Waals surface area contributed by atoms with Crippen LogP contribution >= 0.6 is 0 Å². The topological polar surface area (TPSA) is 60.7 Å². The van der Waals surface area contributed by atoms with E-state index in [9.17, 15) is 13.2 Å². The molecule has 1 atom stereocenters. The molecule has 2 aromatic heterocycles. The molecule has 1 saturated carbocycles. The van der Waals surface area contributed by atoms with E-state index in [2.05, 4.69) is 34.0 Å². The normalized spacial score (nSPS) is 24.6. The van der Waals surface area contributed by atoms with E-state index in [1.165, 1.54) is 6.08 Å². The molecule has 9 heteroatoms. The second-order valence-electron chi connectivity index (χ2n) is 8.32. The Kier molecular flexibility index (Phi) is 6.34. The van der Waals surface area contributed by atoms with Gasteiger partial charge >= 0.3 is 6.36 Å². The predicted octanol–water partition coefficient (Wildman–Crippen LogP) is 5.13. The second-order valence-corrected chi connectivity index (χ2v) is 8.32. The number of rotatable bonds is 6. The number of halogens is 3. The largest absolute Gasteiger partial charge is 0.523 e. The zero-order valence-electron chi connectivity index (χ0n) is 17.6. The van der Waals surface area contributed by atoms with Crippen LogP contribution in [0.25, 0.3) is 11.2 Å². The first-order chi connectivity index (χ1) is 14.8. The maximum atomic E-state index is 12.6. The van der Waals surface area contributed by atoms with Crippen LogP contribution in [0.5, 0.6) is 0 Å². The summed E-state index contributed by atoms with van der Waals surface area (Å²) >= 11 is 0. The highest BCUT2D eigenvalue weighted by atomic mass is 19.4. The number of aromatic nitrogens is 3. The number of hydrogen-bond donors (Lipinski definition) is 1. The smallest absolute Gasteiger partial charge is 0.376 e. The van der Waals surface area contributed by atoms with Gasteiger partial charge in [0.2, 0.25) is 0 Å². The van der Waals surface area contributed by atoms with E-state index < -0.39 is 12.5 Å². The Hall–Kier alpha value is -2.39. The summed E-state index contributed by atoms with van der Waals surface area (Å²) in [7, 11) is 0. The summed E-state index contributed by atoms with van der Waals surface area (Å²) < 4.78 is 49.6. The van der Waals surface area contributed by atoms with Gasteiger partial charge < -0.3 is 10.1 Å². The van der Waals surface area contributed by atoms with Gasteiger partial charge in [0.1, 0.15) is 5.82 Å². The molecule has 1 fully saturated rings. The summed E-state index contributed by atoms with van der Waals surface area (Å²) in [6.07, 6.45) is 5.32. The van der Waals surface area contributed by atoms with Crippen molar-refractivity contribution in [3.63, 3.8) is 0 Å². The maximum absolute atomic E-state index is 12.6. The Morgan fingerprint density at radius 3 is 2.65 bits per heavy atom. The van der Waals surface area contributed by atoms with Crippen LogP contribution in [-0.2, 0) is 9.47 Å². The fourth-order valence-corrected chi connectivity index (χ4v) is 4.20. The van der Waals surface area contributed by atoms with E-state index in [1.807, 2.05) is 12.1 Å². The summed E-state index contributed by atoms with van der Waals surface area (Å²) in [5, 5.41) is 8.14. The number of alkyl halides is 3. The molecule has 2 aromatic rings. The minimum atomic E-state index is -4.68. The molecule has 0 bridgehead atoms. The Bertz CT molecular complexity index is 959. The van der Waals surface area contributed by atoms with E-state index in [1.54, 1.807) is 22.9 Å². The Labute approximate surface area is 179 Å². The summed E-state index contributed by atoms with van der Waals surface area (Å²) in [5.74, 6) is 0.718. The number of anilines is 1. The zero-order valence-corrected chi connectivity index (χ0v) is 17.6. The van der Waals surface area contributed by atoms with Gasteiger partial charge in [0, 0.05) is 12.5 Å². The van der Waals surface area contributed by atoms with E-state index in [0.717, 1.165) is 31.5 Å². The van der Waals surface area contributed by atoms with Crippen molar-refractivity contribution in [1.82, 2.24) is 14.6 Å². The molecule has 0 aromatic carbocycles. The fourth-order valence-electron chi connectivity index (χ4n) is 4.20. The molecule has 2 aliphatic carbocycles. The van der Waals surface area contributed by atoms with E-state index >= 15 is 0 Å². The number of hydrogen-bond acceptors (Lipinski definition) is 5. The molecule has 0 saturated heterocycles. The summed E-state index contributed by atoms with van der Waals surface area (Å²) in [4.78, 5) is 4.35. The van der Waals surface area contributed by atoms with Crippen molar-refractivity contribution in [1.29, 1.82) is 0 Å². The third-order valence-electron chi connectivity index (χ3n) is 5.51. The molecule has 0 radical (unpaired) electrons. The van der Waals surface area contributed by atoms with Gasteiger partial charge in [-0.15, -0.1) is 18.3 Å². The van der Waals surface area contributed by atoms with Crippen molar-refractivity contribution in [3.8, 4) is 0 Å². The number of allylic oxidation sites excluding steroid dienone is 2. The minimum absolute atomic E-state index is 0.100. The molecule has 2 heterocycles. The highest BCUT2D eigenvalue weighted by molar-refractivity contribution is 5.68. The average Bonchev–Trinajstić information content (AvgIpc) is 3.11. The third-order valence-corrected chi connectivity index (χ3v) is 5.51. The van der Waals surface area contributed by atoms with Gasteiger partial charge in [0.25, 0.3) is 0 Å². The monoisotopic (exact) mass is 436 g/mol. The molecule has 2 aliphatic rings. The fraction of sp³-hybridized carbons (Fsp3) is 0.545. The van der Waals surface area contributed by atoms with Crippen LogP contribution in [0.4, 0.5) is 19.0 Å². The van der Waals surface area contributed by atoms with Crippen molar-refractivity contribution in [2.24, 2.45) is 0 Å². The predicted molar refractivity (Wildman–Crippen MR) is 112 cm³/mol. The number of nitrogens with zero attached hydrogens (tertiary/aromatic N) is 3. The first-order valence-electron chi connectivity index (χ1n) is 10.7. The Morgan fingerprint density at radius 2 is 1.94 bits per heavy atom. The first kappa shape index (κ1) is 21.8. The summed E-state index contributed by atoms with van der Waals surface area (Å²) in [5.41, 5.74) is 1.99. The lowest BCUT2D eigenvalue weighted by Gasteiger charge is -2.30. The molecule has 168 valence electrons. The van der Waals surface area contributed by atoms with Crippen molar-refractivity contribution in [2.75, 3.05) is 5.32 Å². The molecule has 0 spiro atoms. The molecule has 4 rings (SSSR count). The van der Waals surface area contributed by atoms with Crippen LogP contribution in [0.3, 0.4) is 0 Å². The van der Waals surface area contributed by atoms with E-state index in [4.69, 9.17) is 4.74 Å². The van der Waals surface area contributed by atoms with Crippen molar-refractivity contribution >= 4 is 17.0 Å². The number of ether oxygens (including phenoxy) is 2. The molecule has 1 unspecified atom stereocenters. The standard InChI is InChI=1S/C22H27F3N4O2/c1-14(2)30-17-8-6-16(7-9-17)27-20-10-11-21-26-13-19(29(21)28-20)15-4-3-5-18(12-15)31-22(23,24)25/h3-5,10-11,13-14,16-18H,6-9,12H2,1-2H3,(H,27,28). The first-order valence-corrected chi connectivity index (χ1v) is 10.7. The van der Waals surface area contributed by atoms with Crippen LogP contribution in [0.1, 0.15) is 51.6 Å². The van der Waals surface area contributed by atoms with Crippen LogP contribution in [0.2, 0.25) is 0 Å². The molecule has 1 N–H and O–H groups in total. The number of fused-ring (bicyclic) bond motifs is 1. The molecular weight excluding hydrogens is 409 g/mol. The summed E-state index contributed by atoms with van der Waals surface area (Å²) in [6, 6.07) is 4.05. The SMILES string of the molecule is CC(C)OC1CCC(Nc2ccc3ncc(C4=CC=CC(OC(F)(F)F)C4)n3n2)CC1. The van der Waals surface area contributed by atoms with Crippen LogP contribution < -0.4 is 5.32 Å². The lowest BCUT2D eigenvalue weighted by Crippen LogP contribution is -2.31.